The molecule has 0 bridgehead atoms. The molecule has 2 aromatic carbocycles. The van der Waals surface area contributed by atoms with Crippen LogP contribution in [0.2, 0.25) is 0 Å². The second-order valence-electron chi connectivity index (χ2n) is 11.5. The first-order valence-corrected chi connectivity index (χ1v) is 15.0. The molecule has 246 valence electrons. The molecule has 1 saturated heterocycles. The summed E-state index contributed by atoms with van der Waals surface area (Å²) < 4.78 is 38.7. The van der Waals surface area contributed by atoms with Crippen molar-refractivity contribution in [3.63, 3.8) is 0 Å². The van der Waals surface area contributed by atoms with Gasteiger partial charge in [-0.05, 0) is 97.1 Å². The molecule has 47 heavy (non-hydrogen) atoms. The second kappa shape index (κ2) is 15.6. The quantitative estimate of drug-likeness (QED) is 0.202. The van der Waals surface area contributed by atoms with Crippen molar-refractivity contribution in [2.45, 2.75) is 40.0 Å². The summed E-state index contributed by atoms with van der Waals surface area (Å²) in [6.07, 6.45) is 0.416. The number of hydrogen-bond donors (Lipinski definition) is 2. The lowest BCUT2D eigenvalue weighted by Crippen LogP contribution is -2.45. The van der Waals surface area contributed by atoms with E-state index in [1.807, 2.05) is 18.3 Å². The van der Waals surface area contributed by atoms with Gasteiger partial charge in [0.25, 0.3) is 0 Å². The Kier molecular flexibility index (Phi) is 11.6. The van der Waals surface area contributed by atoms with Gasteiger partial charge in [0, 0.05) is 74.9 Å². The van der Waals surface area contributed by atoms with Crippen molar-refractivity contribution in [3.05, 3.63) is 119 Å². The van der Waals surface area contributed by atoms with Crippen LogP contribution < -0.4 is 0 Å². The van der Waals surface area contributed by atoms with Crippen LogP contribution in [0.5, 0.6) is 0 Å². The fourth-order valence-electron chi connectivity index (χ4n) is 5.24. The van der Waals surface area contributed by atoms with E-state index in [0.717, 1.165) is 68.2 Å². The van der Waals surface area contributed by atoms with Crippen LogP contribution in [0, 0.1) is 20.8 Å². The predicted molar refractivity (Wildman–Crippen MR) is 174 cm³/mol. The van der Waals surface area contributed by atoms with Crippen molar-refractivity contribution >= 4 is 11.9 Å². The van der Waals surface area contributed by atoms with Crippen LogP contribution in [0.15, 0.2) is 85.2 Å². The molecule has 5 rings (SSSR count). The van der Waals surface area contributed by atoms with E-state index in [0.29, 0.717) is 23.4 Å². The monoisotopic (exact) mass is 646 g/mol. The summed E-state index contributed by atoms with van der Waals surface area (Å²) >= 11 is 0. The minimum Gasteiger partial charge on any atom is -0.478 e. The average molecular weight is 647 g/mol. The largest absolute Gasteiger partial charge is 0.478 e. The Morgan fingerprint density at radius 1 is 0.702 bits per heavy atom. The van der Waals surface area contributed by atoms with Gasteiger partial charge in [0.1, 0.15) is 0 Å². The van der Waals surface area contributed by atoms with E-state index in [1.54, 1.807) is 6.20 Å². The third-order valence-electron chi connectivity index (χ3n) is 8.03. The highest BCUT2D eigenvalue weighted by atomic mass is 19.4. The Morgan fingerprint density at radius 3 is 1.53 bits per heavy atom. The van der Waals surface area contributed by atoms with E-state index in [-0.39, 0.29) is 0 Å². The highest BCUT2D eigenvalue weighted by molar-refractivity contribution is 5.89. The lowest BCUT2D eigenvalue weighted by molar-refractivity contribution is -0.137. The van der Waals surface area contributed by atoms with Crippen LogP contribution in [0.4, 0.5) is 13.2 Å². The van der Waals surface area contributed by atoms with E-state index in [9.17, 15) is 22.8 Å². The Hall–Kier alpha value is -4.87. The van der Waals surface area contributed by atoms with Crippen molar-refractivity contribution in [1.29, 1.82) is 0 Å². The molecule has 0 aliphatic carbocycles. The van der Waals surface area contributed by atoms with Gasteiger partial charge >= 0.3 is 18.1 Å². The Balaban J connectivity index is 0.000000555. The highest BCUT2D eigenvalue weighted by Crippen LogP contribution is 2.31. The van der Waals surface area contributed by atoms with Gasteiger partial charge in [-0.1, -0.05) is 12.1 Å². The first kappa shape index (κ1) is 35.0. The third kappa shape index (κ3) is 10.3. The number of aliphatic carboxylic acids is 2. The lowest BCUT2D eigenvalue weighted by Gasteiger charge is -2.34. The van der Waals surface area contributed by atoms with Crippen molar-refractivity contribution in [3.8, 4) is 22.5 Å². The Morgan fingerprint density at radius 2 is 1.13 bits per heavy atom. The summed E-state index contributed by atoms with van der Waals surface area (Å²) in [5, 5.41) is 15.6. The zero-order valence-corrected chi connectivity index (χ0v) is 26.5. The van der Waals surface area contributed by atoms with Crippen molar-refractivity contribution < 1.29 is 33.0 Å². The summed E-state index contributed by atoms with van der Waals surface area (Å²) in [6, 6.07) is 17.9. The summed E-state index contributed by atoms with van der Waals surface area (Å²) in [6.45, 7) is 12.0. The normalized spacial score (nSPS) is 14.1. The van der Waals surface area contributed by atoms with Crippen molar-refractivity contribution in [2.75, 3.05) is 26.2 Å². The zero-order chi connectivity index (χ0) is 34.1. The van der Waals surface area contributed by atoms with Crippen molar-refractivity contribution in [1.82, 2.24) is 19.8 Å². The maximum Gasteiger partial charge on any atom is 0.416 e. The van der Waals surface area contributed by atoms with Gasteiger partial charge in [-0.3, -0.25) is 19.8 Å². The molecule has 1 fully saturated rings. The number of aromatic nitrogens is 2. The summed E-state index contributed by atoms with van der Waals surface area (Å²) in [5.74, 6) is -2.51. The smallest absolute Gasteiger partial charge is 0.416 e. The molecule has 1 aliphatic heterocycles. The predicted octanol–water partition coefficient (Wildman–Crippen LogP) is 6.78. The molecule has 0 amide bonds. The number of carbonyl (C=O) groups is 2. The van der Waals surface area contributed by atoms with Gasteiger partial charge in [0.05, 0.1) is 17.0 Å². The Labute approximate surface area is 271 Å². The number of halogens is 3. The van der Waals surface area contributed by atoms with Crippen LogP contribution in [-0.4, -0.2) is 68.1 Å². The summed E-state index contributed by atoms with van der Waals surface area (Å²) in [7, 11) is 0. The maximum absolute atomic E-state index is 12.9. The van der Waals surface area contributed by atoms with Crippen LogP contribution in [0.25, 0.3) is 22.5 Å². The molecular weight excluding hydrogens is 609 g/mol. The molecule has 3 heterocycles. The van der Waals surface area contributed by atoms with Crippen molar-refractivity contribution in [2.24, 2.45) is 0 Å². The molecule has 0 saturated carbocycles. The molecule has 1 aliphatic rings. The van der Waals surface area contributed by atoms with Gasteiger partial charge in [0.15, 0.2) is 0 Å². The number of alkyl halides is 3. The van der Waals surface area contributed by atoms with E-state index in [1.165, 1.54) is 34.4 Å². The van der Waals surface area contributed by atoms with Crippen LogP contribution in [0.3, 0.4) is 0 Å². The molecule has 2 N–H and O–H groups in total. The van der Waals surface area contributed by atoms with Gasteiger partial charge in [-0.15, -0.1) is 0 Å². The number of rotatable bonds is 8. The maximum atomic E-state index is 12.9. The first-order chi connectivity index (χ1) is 22.3. The number of aryl methyl sites for hydroxylation is 2. The SMILES string of the molecule is Cc1cc(-c2cc(CN3CCN(Cc4ccnc(-c5ccc(C(F)(F)F)cc5)c4)CC3)ccn2)cc(C)c1C.O=C(O)/C=C\C(=O)O. The standard InChI is InChI=1S/C32H33F3N4.C4H4O4/c1-22-16-28(17-23(2)24(22)3)31-19-26(9-11-37-31)21-39-14-12-38(13-15-39)20-25-8-10-36-30(18-25)27-4-6-29(7-5-27)32(33,34)35;5-3(6)1-2-4(7)8/h4-11,16-19H,12-15,20-21H2,1-3H3;1-2H,(H,5,6)(H,7,8)/b;2-1-. The fourth-order valence-corrected chi connectivity index (χ4v) is 5.24. The van der Waals surface area contributed by atoms with Crippen LogP contribution in [0.1, 0.15) is 33.4 Å². The van der Waals surface area contributed by atoms with E-state index in [4.69, 9.17) is 10.2 Å². The molecule has 2 aromatic heterocycles. The number of pyridine rings is 2. The molecule has 11 heteroatoms. The number of nitrogens with zero attached hydrogens (tertiary/aromatic N) is 4. The fraction of sp³-hybridized carbons (Fsp3) is 0.278. The molecule has 0 atom stereocenters. The zero-order valence-electron chi connectivity index (χ0n) is 26.5. The lowest BCUT2D eigenvalue weighted by atomic mass is 9.98. The second-order valence-corrected chi connectivity index (χ2v) is 11.5. The number of benzene rings is 2. The third-order valence-corrected chi connectivity index (χ3v) is 8.03. The number of carboxylic acids is 2. The highest BCUT2D eigenvalue weighted by Gasteiger charge is 2.30. The van der Waals surface area contributed by atoms with Gasteiger partial charge < -0.3 is 10.2 Å². The van der Waals surface area contributed by atoms with E-state index in [2.05, 4.69) is 64.8 Å². The molecule has 0 spiro atoms. The molecule has 0 unspecified atom stereocenters. The van der Waals surface area contributed by atoms with Crippen LogP contribution >= 0.6 is 0 Å². The van der Waals surface area contributed by atoms with E-state index < -0.39 is 23.7 Å². The van der Waals surface area contributed by atoms with Gasteiger partial charge in [-0.25, -0.2) is 9.59 Å². The average Bonchev–Trinajstić information content (AvgIpc) is 3.03. The van der Waals surface area contributed by atoms with Crippen LogP contribution in [-0.2, 0) is 28.9 Å². The number of hydrogen-bond acceptors (Lipinski definition) is 6. The summed E-state index contributed by atoms with van der Waals surface area (Å²) in [4.78, 5) is 33.0. The number of carboxylic acid groups (broad SMARTS) is 2. The van der Waals surface area contributed by atoms with E-state index >= 15 is 0 Å². The Bertz CT molecular complexity index is 1690. The molecule has 8 nitrogen and oxygen atoms in total. The molecule has 4 aromatic rings. The molecule has 0 radical (unpaired) electrons. The minimum absolute atomic E-state index is 0.558. The topological polar surface area (TPSA) is 107 Å². The first-order valence-electron chi connectivity index (χ1n) is 15.0. The molecular formula is C36H37F3N4O4. The summed E-state index contributed by atoms with van der Waals surface area (Å²) in [5.41, 5.74) is 9.17. The number of piperazine rings is 1. The van der Waals surface area contributed by atoms with Gasteiger partial charge in [-0.2, -0.15) is 13.2 Å². The minimum atomic E-state index is -4.34. The van der Waals surface area contributed by atoms with Gasteiger partial charge in [0.2, 0.25) is 0 Å².